The third kappa shape index (κ3) is 3.11. The van der Waals surface area contributed by atoms with Crippen molar-refractivity contribution in [2.24, 2.45) is 0 Å². The number of nitrogens with one attached hydrogen (secondary N) is 1. The number of hydrogen-bond donors (Lipinski definition) is 1. The monoisotopic (exact) mass is 270 g/mol. The molecular formula is C12H13F3N4. The summed E-state index contributed by atoms with van der Waals surface area (Å²) >= 11 is 0. The Kier molecular flexibility index (Phi) is 3.84. The lowest BCUT2D eigenvalue weighted by atomic mass is 10.1. The SMILES string of the molecule is CCNCc1cn(-c2ccccc2C(F)(F)F)nn1. The van der Waals surface area contributed by atoms with Crippen molar-refractivity contribution in [3.05, 3.63) is 41.7 Å². The van der Waals surface area contributed by atoms with E-state index >= 15 is 0 Å². The maximum Gasteiger partial charge on any atom is 0.418 e. The Labute approximate surface area is 108 Å². The van der Waals surface area contributed by atoms with Crippen LogP contribution in [0.4, 0.5) is 13.2 Å². The molecule has 0 aliphatic rings. The van der Waals surface area contributed by atoms with Gasteiger partial charge in [0.15, 0.2) is 0 Å². The average molecular weight is 270 g/mol. The molecule has 2 aromatic rings. The fraction of sp³-hybridized carbons (Fsp3) is 0.333. The lowest BCUT2D eigenvalue weighted by Gasteiger charge is -2.11. The molecule has 0 unspecified atom stereocenters. The molecule has 0 fully saturated rings. The third-order valence-electron chi connectivity index (χ3n) is 2.55. The van der Waals surface area contributed by atoms with Crippen molar-refractivity contribution >= 4 is 0 Å². The van der Waals surface area contributed by atoms with Gasteiger partial charge in [-0.2, -0.15) is 13.2 Å². The van der Waals surface area contributed by atoms with Gasteiger partial charge in [-0.25, -0.2) is 4.68 Å². The zero-order chi connectivity index (χ0) is 13.9. The second-order valence-corrected chi connectivity index (χ2v) is 3.95. The van der Waals surface area contributed by atoms with E-state index in [0.29, 0.717) is 12.2 Å². The Balaban J connectivity index is 2.34. The molecule has 0 spiro atoms. The van der Waals surface area contributed by atoms with Crippen molar-refractivity contribution in [1.29, 1.82) is 0 Å². The number of benzene rings is 1. The summed E-state index contributed by atoms with van der Waals surface area (Å²) in [6.45, 7) is 3.17. The van der Waals surface area contributed by atoms with Crippen LogP contribution in [-0.4, -0.2) is 21.5 Å². The molecular weight excluding hydrogens is 257 g/mol. The van der Waals surface area contributed by atoms with Crippen LogP contribution in [0.5, 0.6) is 0 Å². The van der Waals surface area contributed by atoms with Gasteiger partial charge in [-0.05, 0) is 18.7 Å². The van der Waals surface area contributed by atoms with E-state index in [9.17, 15) is 13.2 Å². The zero-order valence-corrected chi connectivity index (χ0v) is 10.3. The van der Waals surface area contributed by atoms with Crippen LogP contribution in [0.2, 0.25) is 0 Å². The summed E-state index contributed by atoms with van der Waals surface area (Å²) in [6, 6.07) is 5.29. The first kappa shape index (κ1) is 13.5. The molecule has 0 saturated heterocycles. The standard InChI is InChI=1S/C12H13F3N4/c1-2-16-7-9-8-19(18-17-9)11-6-4-3-5-10(11)12(13,14)15/h3-6,8,16H,2,7H2,1H3. The summed E-state index contributed by atoms with van der Waals surface area (Å²) < 4.78 is 39.8. The number of rotatable bonds is 4. The first-order chi connectivity index (χ1) is 9.02. The second kappa shape index (κ2) is 5.40. The average Bonchev–Trinajstić information content (AvgIpc) is 2.84. The normalized spacial score (nSPS) is 11.8. The molecule has 1 aromatic heterocycles. The van der Waals surface area contributed by atoms with Crippen molar-refractivity contribution in [1.82, 2.24) is 20.3 Å². The minimum absolute atomic E-state index is 0.0229. The van der Waals surface area contributed by atoms with Gasteiger partial charge in [0.2, 0.25) is 0 Å². The van der Waals surface area contributed by atoms with Gasteiger partial charge in [-0.3, -0.25) is 0 Å². The first-order valence-electron chi connectivity index (χ1n) is 5.81. The second-order valence-electron chi connectivity index (χ2n) is 3.95. The van der Waals surface area contributed by atoms with Crippen molar-refractivity contribution in [2.45, 2.75) is 19.6 Å². The van der Waals surface area contributed by atoms with Gasteiger partial charge < -0.3 is 5.32 Å². The number of para-hydroxylation sites is 1. The van der Waals surface area contributed by atoms with E-state index in [4.69, 9.17) is 0 Å². The van der Waals surface area contributed by atoms with Crippen molar-refractivity contribution in [2.75, 3.05) is 6.54 Å². The molecule has 0 amide bonds. The lowest BCUT2D eigenvalue weighted by Crippen LogP contribution is -2.12. The molecule has 1 N–H and O–H groups in total. The molecule has 0 saturated carbocycles. The Morgan fingerprint density at radius 3 is 2.68 bits per heavy atom. The van der Waals surface area contributed by atoms with E-state index in [0.717, 1.165) is 17.3 Å². The molecule has 0 radical (unpaired) electrons. The smallest absolute Gasteiger partial charge is 0.311 e. The number of alkyl halides is 3. The third-order valence-corrected chi connectivity index (χ3v) is 2.55. The number of hydrogen-bond acceptors (Lipinski definition) is 3. The quantitative estimate of drug-likeness (QED) is 0.927. The van der Waals surface area contributed by atoms with Crippen LogP contribution in [-0.2, 0) is 12.7 Å². The number of halogens is 3. The molecule has 2 rings (SSSR count). The highest BCUT2D eigenvalue weighted by Gasteiger charge is 2.33. The maximum absolute atomic E-state index is 12.9. The van der Waals surface area contributed by atoms with E-state index in [-0.39, 0.29) is 5.69 Å². The summed E-state index contributed by atoms with van der Waals surface area (Å²) in [6.07, 6.45) is -2.92. The molecule has 19 heavy (non-hydrogen) atoms. The van der Waals surface area contributed by atoms with Gasteiger partial charge in [0.25, 0.3) is 0 Å². The van der Waals surface area contributed by atoms with Crippen molar-refractivity contribution < 1.29 is 13.2 Å². The fourth-order valence-corrected chi connectivity index (χ4v) is 1.66. The van der Waals surface area contributed by atoms with Crippen LogP contribution in [0.15, 0.2) is 30.5 Å². The highest BCUT2D eigenvalue weighted by molar-refractivity contribution is 5.42. The van der Waals surface area contributed by atoms with Gasteiger partial charge >= 0.3 is 6.18 Å². The Morgan fingerprint density at radius 2 is 2.00 bits per heavy atom. The van der Waals surface area contributed by atoms with E-state index < -0.39 is 11.7 Å². The molecule has 1 aromatic carbocycles. The Morgan fingerprint density at radius 1 is 1.26 bits per heavy atom. The minimum Gasteiger partial charge on any atom is -0.311 e. The first-order valence-corrected chi connectivity index (χ1v) is 5.81. The molecule has 1 heterocycles. The van der Waals surface area contributed by atoms with Crippen LogP contribution >= 0.6 is 0 Å². The number of aromatic nitrogens is 3. The molecule has 0 aliphatic heterocycles. The molecule has 0 aliphatic carbocycles. The summed E-state index contributed by atoms with van der Waals surface area (Å²) in [5.74, 6) is 0. The molecule has 7 heteroatoms. The van der Waals surface area contributed by atoms with Crippen LogP contribution in [0.1, 0.15) is 18.2 Å². The van der Waals surface area contributed by atoms with Gasteiger partial charge in [-0.1, -0.05) is 24.3 Å². The lowest BCUT2D eigenvalue weighted by molar-refractivity contribution is -0.137. The van der Waals surface area contributed by atoms with Gasteiger partial charge in [0, 0.05) is 6.54 Å². The molecule has 102 valence electrons. The van der Waals surface area contributed by atoms with Crippen LogP contribution in [0, 0.1) is 0 Å². The van der Waals surface area contributed by atoms with Crippen LogP contribution in [0.3, 0.4) is 0 Å². The van der Waals surface area contributed by atoms with Crippen molar-refractivity contribution in [3.63, 3.8) is 0 Å². The molecule has 0 bridgehead atoms. The Bertz CT molecular complexity index is 548. The summed E-state index contributed by atoms with van der Waals surface area (Å²) in [5.41, 5.74) is -0.154. The van der Waals surface area contributed by atoms with Gasteiger partial charge in [0.05, 0.1) is 23.1 Å². The Hall–Kier alpha value is -1.89. The molecule has 0 atom stereocenters. The molecule has 4 nitrogen and oxygen atoms in total. The largest absolute Gasteiger partial charge is 0.418 e. The minimum atomic E-state index is -4.41. The van der Waals surface area contributed by atoms with Crippen LogP contribution in [0.25, 0.3) is 5.69 Å². The maximum atomic E-state index is 12.9. The van der Waals surface area contributed by atoms with E-state index in [2.05, 4.69) is 15.6 Å². The summed E-state index contributed by atoms with van der Waals surface area (Å²) in [5, 5.41) is 10.6. The van der Waals surface area contributed by atoms with E-state index in [1.54, 1.807) is 0 Å². The number of nitrogens with zero attached hydrogens (tertiary/aromatic N) is 3. The topological polar surface area (TPSA) is 42.7 Å². The van der Waals surface area contributed by atoms with Crippen molar-refractivity contribution in [3.8, 4) is 5.69 Å². The van der Waals surface area contributed by atoms with E-state index in [1.807, 2.05) is 6.92 Å². The zero-order valence-electron chi connectivity index (χ0n) is 10.3. The van der Waals surface area contributed by atoms with Gasteiger partial charge in [0.1, 0.15) is 0 Å². The fourth-order valence-electron chi connectivity index (χ4n) is 1.66. The summed E-state index contributed by atoms with van der Waals surface area (Å²) in [4.78, 5) is 0. The summed E-state index contributed by atoms with van der Waals surface area (Å²) in [7, 11) is 0. The highest BCUT2D eigenvalue weighted by Crippen LogP contribution is 2.33. The highest BCUT2D eigenvalue weighted by atomic mass is 19.4. The predicted molar refractivity (Wildman–Crippen MR) is 63.7 cm³/mol. The predicted octanol–water partition coefficient (Wildman–Crippen LogP) is 2.40. The van der Waals surface area contributed by atoms with Gasteiger partial charge in [-0.15, -0.1) is 5.10 Å². The van der Waals surface area contributed by atoms with Crippen LogP contribution < -0.4 is 5.32 Å². The van der Waals surface area contributed by atoms with E-state index in [1.165, 1.54) is 24.4 Å².